The van der Waals surface area contributed by atoms with Crippen LogP contribution in [-0.2, 0) is 4.79 Å². The molecule has 2 amide bonds. The first kappa shape index (κ1) is 14.0. The standard InChI is InChI=1S/C16H19FN2O2/c17-14-4-2-1-3-13(14)16(21)19-9-7-12(8-10-19)18-15(20)11-5-6-11/h1-4,11-12H,5-10H2,(H,18,20). The Labute approximate surface area is 123 Å². The average molecular weight is 290 g/mol. The third-order valence-corrected chi connectivity index (χ3v) is 4.18. The second kappa shape index (κ2) is 5.84. The molecule has 0 atom stereocenters. The van der Waals surface area contributed by atoms with E-state index in [9.17, 15) is 14.0 Å². The average Bonchev–Trinajstić information content (AvgIpc) is 3.32. The molecule has 0 aromatic heterocycles. The summed E-state index contributed by atoms with van der Waals surface area (Å²) in [5.74, 6) is -0.385. The molecule has 112 valence electrons. The number of halogens is 1. The number of nitrogens with one attached hydrogen (secondary N) is 1. The van der Waals surface area contributed by atoms with Crippen molar-refractivity contribution in [1.29, 1.82) is 0 Å². The predicted octanol–water partition coefficient (Wildman–Crippen LogP) is 1.96. The van der Waals surface area contributed by atoms with E-state index < -0.39 is 5.82 Å². The van der Waals surface area contributed by atoms with Gasteiger partial charge in [0, 0.05) is 25.0 Å². The third kappa shape index (κ3) is 3.23. The first-order valence-corrected chi connectivity index (χ1v) is 7.49. The molecule has 2 fully saturated rings. The van der Waals surface area contributed by atoms with Crippen LogP contribution in [0.1, 0.15) is 36.0 Å². The Morgan fingerprint density at radius 1 is 1.10 bits per heavy atom. The molecular formula is C16H19FN2O2. The van der Waals surface area contributed by atoms with Gasteiger partial charge in [0.1, 0.15) is 5.82 Å². The number of hydrogen-bond acceptors (Lipinski definition) is 2. The lowest BCUT2D eigenvalue weighted by molar-refractivity contribution is -0.123. The van der Waals surface area contributed by atoms with E-state index in [1.54, 1.807) is 17.0 Å². The van der Waals surface area contributed by atoms with Gasteiger partial charge in [-0.05, 0) is 37.8 Å². The fourth-order valence-electron chi connectivity index (χ4n) is 2.70. The van der Waals surface area contributed by atoms with Crippen LogP contribution in [0.2, 0.25) is 0 Å². The first-order valence-electron chi connectivity index (χ1n) is 7.49. The minimum atomic E-state index is -0.480. The molecule has 1 aromatic rings. The summed E-state index contributed by atoms with van der Waals surface area (Å²) < 4.78 is 13.6. The van der Waals surface area contributed by atoms with Crippen LogP contribution in [0.25, 0.3) is 0 Å². The number of amides is 2. The van der Waals surface area contributed by atoms with Crippen LogP contribution in [0, 0.1) is 11.7 Å². The van der Waals surface area contributed by atoms with Crippen LogP contribution < -0.4 is 5.32 Å². The lowest BCUT2D eigenvalue weighted by Gasteiger charge is -2.32. The zero-order valence-electron chi connectivity index (χ0n) is 11.8. The van der Waals surface area contributed by atoms with Gasteiger partial charge >= 0.3 is 0 Å². The molecule has 0 unspecified atom stereocenters. The number of likely N-dealkylation sites (tertiary alicyclic amines) is 1. The van der Waals surface area contributed by atoms with Gasteiger partial charge < -0.3 is 10.2 Å². The molecule has 1 aliphatic heterocycles. The van der Waals surface area contributed by atoms with Gasteiger partial charge in [0.05, 0.1) is 5.56 Å². The molecule has 0 radical (unpaired) electrons. The monoisotopic (exact) mass is 290 g/mol. The summed E-state index contributed by atoms with van der Waals surface area (Å²) in [6.45, 7) is 1.12. The fourth-order valence-corrected chi connectivity index (χ4v) is 2.70. The van der Waals surface area contributed by atoms with Crippen molar-refractivity contribution in [2.24, 2.45) is 5.92 Å². The Morgan fingerprint density at radius 2 is 1.76 bits per heavy atom. The van der Waals surface area contributed by atoms with Gasteiger partial charge in [-0.25, -0.2) is 4.39 Å². The van der Waals surface area contributed by atoms with Crippen LogP contribution in [0.5, 0.6) is 0 Å². The van der Waals surface area contributed by atoms with Crippen molar-refractivity contribution >= 4 is 11.8 Å². The highest BCUT2D eigenvalue weighted by atomic mass is 19.1. The number of hydrogen-bond donors (Lipinski definition) is 1. The fraction of sp³-hybridized carbons (Fsp3) is 0.500. The Bertz CT molecular complexity index is 549. The first-order chi connectivity index (χ1) is 10.1. The predicted molar refractivity (Wildman–Crippen MR) is 76.2 cm³/mol. The largest absolute Gasteiger partial charge is 0.353 e. The molecule has 2 aliphatic rings. The number of rotatable bonds is 3. The summed E-state index contributed by atoms with van der Waals surface area (Å²) in [5.41, 5.74) is 0.123. The molecule has 3 rings (SSSR count). The van der Waals surface area contributed by atoms with Crippen molar-refractivity contribution in [2.75, 3.05) is 13.1 Å². The molecule has 1 aliphatic carbocycles. The highest BCUT2D eigenvalue weighted by Crippen LogP contribution is 2.29. The minimum Gasteiger partial charge on any atom is -0.353 e. The molecular weight excluding hydrogens is 271 g/mol. The van der Waals surface area contributed by atoms with Gasteiger partial charge in [0.2, 0.25) is 5.91 Å². The van der Waals surface area contributed by atoms with Gasteiger partial charge in [-0.15, -0.1) is 0 Å². The van der Waals surface area contributed by atoms with E-state index in [2.05, 4.69) is 5.32 Å². The van der Waals surface area contributed by atoms with Gasteiger partial charge in [0.25, 0.3) is 5.91 Å². The van der Waals surface area contributed by atoms with Crippen LogP contribution in [-0.4, -0.2) is 35.8 Å². The molecule has 1 saturated carbocycles. The number of nitrogens with zero attached hydrogens (tertiary/aromatic N) is 1. The molecule has 0 bridgehead atoms. The maximum Gasteiger partial charge on any atom is 0.256 e. The lowest BCUT2D eigenvalue weighted by Crippen LogP contribution is -2.47. The maximum absolute atomic E-state index is 13.6. The highest BCUT2D eigenvalue weighted by Gasteiger charge is 2.32. The maximum atomic E-state index is 13.6. The van der Waals surface area contributed by atoms with E-state index in [1.807, 2.05) is 0 Å². The SMILES string of the molecule is O=C(NC1CCN(C(=O)c2ccccc2F)CC1)C1CC1. The van der Waals surface area contributed by atoms with E-state index in [4.69, 9.17) is 0 Å². The number of carbonyl (C=O) groups excluding carboxylic acids is 2. The summed E-state index contributed by atoms with van der Waals surface area (Å²) in [4.78, 5) is 25.6. The number of carbonyl (C=O) groups is 2. The Morgan fingerprint density at radius 3 is 2.38 bits per heavy atom. The van der Waals surface area contributed by atoms with Crippen LogP contribution >= 0.6 is 0 Å². The Kier molecular flexibility index (Phi) is 3.90. The topological polar surface area (TPSA) is 49.4 Å². The van der Waals surface area contributed by atoms with Crippen molar-refractivity contribution in [3.8, 4) is 0 Å². The summed E-state index contributed by atoms with van der Waals surface area (Å²) >= 11 is 0. The Hall–Kier alpha value is -1.91. The number of piperidine rings is 1. The van der Waals surface area contributed by atoms with Crippen molar-refractivity contribution in [2.45, 2.75) is 31.7 Å². The summed E-state index contributed by atoms with van der Waals surface area (Å²) in [6, 6.07) is 6.20. The van der Waals surface area contributed by atoms with E-state index in [0.29, 0.717) is 13.1 Å². The molecule has 1 aromatic carbocycles. The van der Waals surface area contributed by atoms with E-state index in [1.165, 1.54) is 12.1 Å². The quantitative estimate of drug-likeness (QED) is 0.925. The lowest BCUT2D eigenvalue weighted by atomic mass is 10.0. The van der Waals surface area contributed by atoms with Gasteiger partial charge in [-0.2, -0.15) is 0 Å². The second-order valence-electron chi connectivity index (χ2n) is 5.83. The second-order valence-corrected chi connectivity index (χ2v) is 5.83. The molecule has 1 N–H and O–H groups in total. The molecule has 21 heavy (non-hydrogen) atoms. The zero-order valence-corrected chi connectivity index (χ0v) is 11.8. The van der Waals surface area contributed by atoms with Crippen molar-refractivity contribution in [3.05, 3.63) is 35.6 Å². The van der Waals surface area contributed by atoms with Crippen LogP contribution in [0.3, 0.4) is 0 Å². The minimum absolute atomic E-state index is 0.123. The van der Waals surface area contributed by atoms with Gasteiger partial charge in [0.15, 0.2) is 0 Å². The molecule has 0 spiro atoms. The number of benzene rings is 1. The van der Waals surface area contributed by atoms with Crippen molar-refractivity contribution < 1.29 is 14.0 Å². The van der Waals surface area contributed by atoms with Crippen LogP contribution in [0.4, 0.5) is 4.39 Å². The normalized spacial score (nSPS) is 19.4. The van der Waals surface area contributed by atoms with E-state index >= 15 is 0 Å². The summed E-state index contributed by atoms with van der Waals surface area (Å²) in [6.07, 6.45) is 3.46. The Balaban J connectivity index is 1.54. The molecule has 1 saturated heterocycles. The zero-order chi connectivity index (χ0) is 14.8. The summed E-state index contributed by atoms with van der Waals surface area (Å²) in [7, 11) is 0. The van der Waals surface area contributed by atoms with E-state index in [-0.39, 0.29) is 29.3 Å². The molecule has 5 heteroatoms. The van der Waals surface area contributed by atoms with Gasteiger partial charge in [-0.1, -0.05) is 12.1 Å². The highest BCUT2D eigenvalue weighted by molar-refractivity contribution is 5.94. The molecule has 1 heterocycles. The summed E-state index contributed by atoms with van der Waals surface area (Å²) in [5, 5.41) is 3.04. The van der Waals surface area contributed by atoms with Gasteiger partial charge in [-0.3, -0.25) is 9.59 Å². The van der Waals surface area contributed by atoms with E-state index in [0.717, 1.165) is 25.7 Å². The van der Waals surface area contributed by atoms with Crippen molar-refractivity contribution in [3.63, 3.8) is 0 Å². The molecule has 4 nitrogen and oxygen atoms in total. The van der Waals surface area contributed by atoms with Crippen LogP contribution in [0.15, 0.2) is 24.3 Å². The smallest absolute Gasteiger partial charge is 0.256 e. The third-order valence-electron chi connectivity index (χ3n) is 4.18. The van der Waals surface area contributed by atoms with Crippen molar-refractivity contribution in [1.82, 2.24) is 10.2 Å².